The number of benzene rings is 1. The number of hydrogen-bond donors (Lipinski definition) is 1. The van der Waals surface area contributed by atoms with Gasteiger partial charge in [0.15, 0.2) is 0 Å². The summed E-state index contributed by atoms with van der Waals surface area (Å²) >= 11 is 3.55. The number of nitrogens with one attached hydrogen (secondary N) is 1. The number of alkyl carbamates (subject to hydrolysis) is 1. The van der Waals surface area contributed by atoms with Crippen molar-refractivity contribution in [1.29, 1.82) is 0 Å². The number of fused-ring (bicyclic) bond motifs is 1. The van der Waals surface area contributed by atoms with Crippen molar-refractivity contribution in [2.45, 2.75) is 44.8 Å². The van der Waals surface area contributed by atoms with Crippen molar-refractivity contribution >= 4 is 22.0 Å². The van der Waals surface area contributed by atoms with Gasteiger partial charge < -0.3 is 14.8 Å². The lowest BCUT2D eigenvalue weighted by molar-refractivity contribution is 0.0464. The molecule has 1 amide bonds. The molecule has 1 aliphatic rings. The van der Waals surface area contributed by atoms with Crippen molar-refractivity contribution in [2.75, 3.05) is 12.4 Å². The molecule has 1 aliphatic carbocycles. The molecule has 0 aromatic heterocycles. The van der Waals surface area contributed by atoms with E-state index in [4.69, 9.17) is 9.47 Å². The highest BCUT2D eigenvalue weighted by Crippen LogP contribution is 2.42. The van der Waals surface area contributed by atoms with Crippen molar-refractivity contribution in [2.24, 2.45) is 0 Å². The second-order valence-corrected chi connectivity index (χ2v) is 6.89. The van der Waals surface area contributed by atoms with Crippen LogP contribution in [0.15, 0.2) is 18.2 Å². The van der Waals surface area contributed by atoms with Crippen molar-refractivity contribution in [3.8, 4) is 5.75 Å². The minimum atomic E-state index is -0.507. The Hall–Kier alpha value is -1.23. The number of rotatable bonds is 3. The molecule has 0 heterocycles. The first-order chi connectivity index (χ1) is 9.81. The van der Waals surface area contributed by atoms with Crippen LogP contribution < -0.4 is 10.1 Å². The number of hydrogen-bond acceptors (Lipinski definition) is 3. The molecule has 1 aromatic rings. The van der Waals surface area contributed by atoms with Crippen LogP contribution in [0.2, 0.25) is 0 Å². The van der Waals surface area contributed by atoms with Gasteiger partial charge in [-0.05, 0) is 50.8 Å². The zero-order valence-electron chi connectivity index (χ0n) is 13.0. The first-order valence-corrected chi connectivity index (χ1v) is 8.17. The molecule has 2 rings (SSSR count). The van der Waals surface area contributed by atoms with Gasteiger partial charge in [0, 0.05) is 5.33 Å². The van der Waals surface area contributed by atoms with Crippen LogP contribution in [-0.2, 0) is 16.7 Å². The van der Waals surface area contributed by atoms with Gasteiger partial charge in [-0.1, -0.05) is 28.1 Å². The zero-order valence-corrected chi connectivity index (χ0v) is 14.5. The van der Waals surface area contributed by atoms with Gasteiger partial charge in [-0.15, -0.1) is 0 Å². The van der Waals surface area contributed by atoms with Gasteiger partial charge >= 0.3 is 6.09 Å². The molecule has 1 unspecified atom stereocenters. The lowest BCUT2D eigenvalue weighted by Crippen LogP contribution is -2.47. The molecule has 4 nitrogen and oxygen atoms in total. The Balaban J connectivity index is 2.28. The fourth-order valence-electron chi connectivity index (χ4n) is 2.74. The topological polar surface area (TPSA) is 47.6 Å². The number of halogens is 1. The van der Waals surface area contributed by atoms with E-state index in [-0.39, 0.29) is 0 Å². The molecule has 0 aliphatic heterocycles. The van der Waals surface area contributed by atoms with E-state index in [1.807, 2.05) is 39.0 Å². The van der Waals surface area contributed by atoms with E-state index in [1.165, 1.54) is 0 Å². The summed E-state index contributed by atoms with van der Waals surface area (Å²) in [7, 11) is 1.67. The van der Waals surface area contributed by atoms with Gasteiger partial charge in [-0.2, -0.15) is 0 Å². The summed E-state index contributed by atoms with van der Waals surface area (Å²) < 4.78 is 10.8. The minimum Gasteiger partial charge on any atom is -0.496 e. The fraction of sp³-hybridized carbons (Fsp3) is 0.562. The molecular weight excluding hydrogens is 334 g/mol. The number of alkyl halides is 1. The summed E-state index contributed by atoms with van der Waals surface area (Å²) in [6.07, 6.45) is 1.31. The number of carbonyl (C=O) groups excluding carboxylic acids is 1. The maximum absolute atomic E-state index is 12.2. The molecule has 0 bridgehead atoms. The summed E-state index contributed by atoms with van der Waals surface area (Å²) in [6.45, 7) is 5.58. The standard InChI is InChI=1S/C16H22BrNO3/c1-15(2,3)21-14(19)18-16(10-17)9-8-11-12(16)6-5-7-13(11)20-4/h5-7H,8-10H2,1-4H3,(H,18,19). The van der Waals surface area contributed by atoms with Gasteiger partial charge in [0.2, 0.25) is 0 Å². The predicted molar refractivity (Wildman–Crippen MR) is 86.2 cm³/mol. The van der Waals surface area contributed by atoms with Crippen molar-refractivity contribution < 1.29 is 14.3 Å². The van der Waals surface area contributed by atoms with E-state index in [9.17, 15) is 4.79 Å². The average Bonchev–Trinajstić information content (AvgIpc) is 2.76. The van der Waals surface area contributed by atoms with Gasteiger partial charge in [0.25, 0.3) is 0 Å². The smallest absolute Gasteiger partial charge is 0.408 e. The summed E-state index contributed by atoms with van der Waals surface area (Å²) in [6, 6.07) is 5.96. The quantitative estimate of drug-likeness (QED) is 0.839. The Morgan fingerprint density at radius 3 is 2.71 bits per heavy atom. The number of ether oxygens (including phenoxy) is 2. The maximum Gasteiger partial charge on any atom is 0.408 e. The third-order valence-corrected chi connectivity index (χ3v) is 4.60. The first-order valence-electron chi connectivity index (χ1n) is 7.05. The number of methoxy groups -OCH3 is 1. The number of amides is 1. The Morgan fingerprint density at radius 1 is 1.43 bits per heavy atom. The molecule has 1 aromatic carbocycles. The van der Waals surface area contributed by atoms with Crippen LogP contribution in [0.5, 0.6) is 5.75 Å². The molecule has 1 N–H and O–H groups in total. The first kappa shape index (κ1) is 16.1. The van der Waals surface area contributed by atoms with Gasteiger partial charge in [-0.25, -0.2) is 4.79 Å². The molecule has 0 saturated heterocycles. The van der Waals surface area contributed by atoms with Crippen LogP contribution in [0, 0.1) is 0 Å². The van der Waals surface area contributed by atoms with E-state index in [0.29, 0.717) is 5.33 Å². The molecule has 116 valence electrons. The van der Waals surface area contributed by atoms with E-state index in [1.54, 1.807) is 7.11 Å². The SMILES string of the molecule is COc1cccc2c1CCC2(CBr)NC(=O)OC(C)(C)C. The molecular formula is C16H22BrNO3. The molecule has 1 atom stereocenters. The molecule has 0 saturated carbocycles. The van der Waals surface area contributed by atoms with E-state index in [0.717, 1.165) is 29.7 Å². The Morgan fingerprint density at radius 2 is 2.14 bits per heavy atom. The minimum absolute atomic E-state index is 0.391. The van der Waals surface area contributed by atoms with Crippen LogP contribution >= 0.6 is 15.9 Å². The predicted octanol–water partition coefficient (Wildman–Crippen LogP) is 3.76. The average molecular weight is 356 g/mol. The van der Waals surface area contributed by atoms with E-state index < -0.39 is 17.2 Å². The van der Waals surface area contributed by atoms with Crippen molar-refractivity contribution in [3.05, 3.63) is 29.3 Å². The highest BCUT2D eigenvalue weighted by molar-refractivity contribution is 9.09. The summed E-state index contributed by atoms with van der Waals surface area (Å²) in [4.78, 5) is 12.2. The van der Waals surface area contributed by atoms with Gasteiger partial charge in [0.05, 0.1) is 12.6 Å². The van der Waals surface area contributed by atoms with Crippen molar-refractivity contribution in [3.63, 3.8) is 0 Å². The third kappa shape index (κ3) is 3.34. The Kier molecular flexibility index (Phi) is 4.51. The van der Waals surface area contributed by atoms with Crippen molar-refractivity contribution in [1.82, 2.24) is 5.32 Å². The highest BCUT2D eigenvalue weighted by Gasteiger charge is 2.41. The van der Waals surface area contributed by atoms with E-state index >= 15 is 0 Å². The lowest BCUT2D eigenvalue weighted by atomic mass is 9.94. The molecule has 5 heteroatoms. The van der Waals surface area contributed by atoms with Crippen LogP contribution in [0.4, 0.5) is 4.79 Å². The largest absolute Gasteiger partial charge is 0.496 e. The second kappa shape index (κ2) is 5.87. The summed E-state index contributed by atoms with van der Waals surface area (Å²) in [5.41, 5.74) is 1.32. The summed E-state index contributed by atoms with van der Waals surface area (Å²) in [5, 5.41) is 3.68. The Bertz CT molecular complexity index is 539. The fourth-order valence-corrected chi connectivity index (χ4v) is 3.46. The Labute approximate surface area is 134 Å². The third-order valence-electron chi connectivity index (χ3n) is 3.64. The highest BCUT2D eigenvalue weighted by atomic mass is 79.9. The van der Waals surface area contributed by atoms with E-state index in [2.05, 4.69) is 21.2 Å². The summed E-state index contributed by atoms with van der Waals surface area (Å²) in [5.74, 6) is 0.876. The second-order valence-electron chi connectivity index (χ2n) is 6.33. The van der Waals surface area contributed by atoms with Gasteiger partial charge in [-0.3, -0.25) is 0 Å². The zero-order chi connectivity index (χ0) is 15.7. The lowest BCUT2D eigenvalue weighted by Gasteiger charge is -2.31. The van der Waals surface area contributed by atoms with Crippen LogP contribution in [0.25, 0.3) is 0 Å². The van der Waals surface area contributed by atoms with Gasteiger partial charge in [0.1, 0.15) is 11.4 Å². The molecule has 0 spiro atoms. The van der Waals surface area contributed by atoms with Crippen LogP contribution in [0.1, 0.15) is 38.3 Å². The van der Waals surface area contributed by atoms with Crippen LogP contribution in [-0.4, -0.2) is 24.1 Å². The molecule has 0 radical (unpaired) electrons. The molecule has 0 fully saturated rings. The van der Waals surface area contributed by atoms with Crippen LogP contribution in [0.3, 0.4) is 0 Å². The maximum atomic E-state index is 12.2. The number of carbonyl (C=O) groups is 1. The molecule has 21 heavy (non-hydrogen) atoms. The normalized spacial score (nSPS) is 20.8. The monoisotopic (exact) mass is 355 g/mol.